The summed E-state index contributed by atoms with van der Waals surface area (Å²) in [6.07, 6.45) is 2.71. The Balaban J connectivity index is 1.07. The predicted octanol–water partition coefficient (Wildman–Crippen LogP) is 5.72. The fourth-order valence-corrected chi connectivity index (χ4v) is 7.93. The molecule has 5 N–H and O–H groups in total. The standard InChI is InChI=1S/C43H55N7O7/c1-25(2)36(47-42(54)56-5)40(52)49-19-7-9-34(49)38-44-24-33(46-38)32-18-17-30-21-29(15-16-31(30)22-32)28-13-11-27(12-14-28)23-45-39(51)35-10-8-20-50(35)41(53)37(26(3)4)48-43(55)57-6/h11-18,21-22,24-26,34-37,40,52H,7-10,19-20,23H2,1-6H3,(H,44,46)(H,45,51)(H,47,54)(H,48,55). The van der Waals surface area contributed by atoms with E-state index in [-0.39, 0.29) is 29.7 Å². The second kappa shape index (κ2) is 18.2. The molecule has 304 valence electrons. The highest BCUT2D eigenvalue weighted by atomic mass is 16.5. The Morgan fingerprint density at radius 3 is 2.12 bits per heavy atom. The Bertz CT molecular complexity index is 2050. The van der Waals surface area contributed by atoms with Gasteiger partial charge in [-0.25, -0.2) is 14.6 Å². The summed E-state index contributed by atoms with van der Waals surface area (Å²) in [5.41, 5.74) is 4.93. The molecule has 5 atom stereocenters. The highest BCUT2D eigenvalue weighted by molar-refractivity contribution is 5.92. The molecule has 4 aromatic rings. The quantitative estimate of drug-likeness (QED) is 0.114. The van der Waals surface area contributed by atoms with E-state index in [2.05, 4.69) is 57.3 Å². The van der Waals surface area contributed by atoms with E-state index in [9.17, 15) is 24.3 Å². The van der Waals surface area contributed by atoms with E-state index < -0.39 is 36.5 Å². The Labute approximate surface area is 333 Å². The molecule has 14 heteroatoms. The number of hydrogen-bond donors (Lipinski definition) is 5. The third-order valence-corrected chi connectivity index (χ3v) is 11.2. The van der Waals surface area contributed by atoms with Crippen molar-refractivity contribution in [2.24, 2.45) is 11.8 Å². The smallest absolute Gasteiger partial charge is 0.407 e. The average Bonchev–Trinajstić information content (AvgIpc) is 4.02. The molecule has 1 aromatic heterocycles. The number of methoxy groups -OCH3 is 2. The monoisotopic (exact) mass is 781 g/mol. The first kappa shape index (κ1) is 41.2. The molecular formula is C43H55N7O7. The third-order valence-electron chi connectivity index (χ3n) is 11.2. The van der Waals surface area contributed by atoms with Crippen molar-refractivity contribution in [3.8, 4) is 22.4 Å². The molecule has 0 bridgehead atoms. The number of benzene rings is 3. The summed E-state index contributed by atoms with van der Waals surface area (Å²) in [7, 11) is 2.57. The SMILES string of the molecule is COC(=O)NC(C(=O)N1CCCC1C(=O)NCc1ccc(-c2ccc3cc(-c4cnc(C5CCCN5C(O)C(NC(=O)OC)C(C)C)[nH]4)ccc3c2)cc1)C(C)C. The van der Waals surface area contributed by atoms with Crippen molar-refractivity contribution in [3.63, 3.8) is 0 Å². The summed E-state index contributed by atoms with van der Waals surface area (Å²) >= 11 is 0. The van der Waals surface area contributed by atoms with Crippen LogP contribution in [0.5, 0.6) is 0 Å². The van der Waals surface area contributed by atoms with Crippen molar-refractivity contribution in [3.05, 3.63) is 78.2 Å². The van der Waals surface area contributed by atoms with E-state index in [1.807, 2.05) is 63.1 Å². The van der Waals surface area contributed by atoms with Gasteiger partial charge in [0.05, 0.1) is 38.2 Å². The van der Waals surface area contributed by atoms with Crippen LogP contribution in [0.3, 0.4) is 0 Å². The number of aliphatic hydroxyl groups excluding tert-OH is 1. The lowest BCUT2D eigenvalue weighted by Crippen LogP contribution is -2.55. The molecule has 14 nitrogen and oxygen atoms in total. The maximum absolute atomic E-state index is 13.4. The number of aromatic nitrogens is 2. The minimum Gasteiger partial charge on any atom is -0.453 e. The van der Waals surface area contributed by atoms with Crippen LogP contribution >= 0.6 is 0 Å². The molecule has 5 unspecified atom stereocenters. The van der Waals surface area contributed by atoms with Crippen molar-refractivity contribution in [1.29, 1.82) is 0 Å². The number of nitrogens with one attached hydrogen (secondary N) is 4. The number of imidazole rings is 1. The molecule has 0 radical (unpaired) electrons. The van der Waals surface area contributed by atoms with Gasteiger partial charge in [-0.1, -0.05) is 76.2 Å². The Morgan fingerprint density at radius 2 is 1.46 bits per heavy atom. The first-order valence-corrected chi connectivity index (χ1v) is 19.8. The first-order chi connectivity index (χ1) is 27.4. The Morgan fingerprint density at radius 1 is 0.825 bits per heavy atom. The molecule has 2 aliphatic rings. The van der Waals surface area contributed by atoms with E-state index in [0.717, 1.165) is 57.4 Å². The van der Waals surface area contributed by atoms with Gasteiger partial charge in [-0.3, -0.25) is 14.5 Å². The first-order valence-electron chi connectivity index (χ1n) is 19.8. The number of H-pyrrole nitrogens is 1. The van der Waals surface area contributed by atoms with Crippen molar-refractivity contribution >= 4 is 34.8 Å². The number of carbonyl (C=O) groups excluding carboxylic acids is 4. The van der Waals surface area contributed by atoms with Crippen LogP contribution in [0.4, 0.5) is 9.59 Å². The van der Waals surface area contributed by atoms with Crippen LogP contribution in [0.25, 0.3) is 33.2 Å². The van der Waals surface area contributed by atoms with Crippen LogP contribution in [-0.2, 0) is 25.6 Å². The Hall–Kier alpha value is -5.47. The van der Waals surface area contributed by atoms with Gasteiger partial charge in [0.1, 0.15) is 24.1 Å². The number of nitrogens with zero attached hydrogens (tertiary/aromatic N) is 3. The lowest BCUT2D eigenvalue weighted by atomic mass is 9.98. The summed E-state index contributed by atoms with van der Waals surface area (Å²) in [4.78, 5) is 62.3. The highest BCUT2D eigenvalue weighted by Crippen LogP contribution is 2.35. The van der Waals surface area contributed by atoms with E-state index in [0.29, 0.717) is 32.5 Å². The zero-order valence-corrected chi connectivity index (χ0v) is 33.6. The molecule has 0 spiro atoms. The lowest BCUT2D eigenvalue weighted by molar-refractivity contribution is -0.140. The average molecular weight is 782 g/mol. The molecule has 2 saturated heterocycles. The van der Waals surface area contributed by atoms with E-state index in [1.54, 1.807) is 4.90 Å². The van der Waals surface area contributed by atoms with Gasteiger partial charge in [0, 0.05) is 25.2 Å². The van der Waals surface area contributed by atoms with Crippen LogP contribution < -0.4 is 16.0 Å². The molecule has 3 aromatic carbocycles. The minimum atomic E-state index is -0.897. The number of rotatable bonds is 13. The van der Waals surface area contributed by atoms with Gasteiger partial charge in [0.15, 0.2) is 0 Å². The number of likely N-dealkylation sites (tertiary alicyclic amines) is 2. The lowest BCUT2D eigenvalue weighted by Gasteiger charge is -2.35. The van der Waals surface area contributed by atoms with Gasteiger partial charge in [-0.05, 0) is 77.1 Å². The zero-order valence-electron chi connectivity index (χ0n) is 33.6. The van der Waals surface area contributed by atoms with Gasteiger partial charge in [0.2, 0.25) is 11.8 Å². The Kier molecular flexibility index (Phi) is 13.1. The van der Waals surface area contributed by atoms with Crippen LogP contribution in [0, 0.1) is 11.8 Å². The maximum atomic E-state index is 13.4. The van der Waals surface area contributed by atoms with Gasteiger partial charge < -0.3 is 40.4 Å². The van der Waals surface area contributed by atoms with E-state index in [1.165, 1.54) is 14.2 Å². The predicted molar refractivity (Wildman–Crippen MR) is 217 cm³/mol. The second-order valence-corrected chi connectivity index (χ2v) is 15.6. The summed E-state index contributed by atoms with van der Waals surface area (Å²) in [5.74, 6) is 0.102. The number of carbonyl (C=O) groups is 4. The van der Waals surface area contributed by atoms with Crippen LogP contribution in [0.1, 0.15) is 70.8 Å². The van der Waals surface area contributed by atoms with Gasteiger partial charge in [-0.2, -0.15) is 0 Å². The van der Waals surface area contributed by atoms with Crippen molar-refractivity contribution in [2.75, 3.05) is 27.3 Å². The normalized spacial score (nSPS) is 18.7. The molecule has 0 saturated carbocycles. The van der Waals surface area contributed by atoms with Gasteiger partial charge in [0.25, 0.3) is 0 Å². The molecule has 6 rings (SSSR count). The fourth-order valence-electron chi connectivity index (χ4n) is 7.93. The number of fused-ring (bicyclic) bond motifs is 1. The van der Waals surface area contributed by atoms with E-state index in [4.69, 9.17) is 14.5 Å². The largest absolute Gasteiger partial charge is 0.453 e. The van der Waals surface area contributed by atoms with E-state index >= 15 is 0 Å². The van der Waals surface area contributed by atoms with Crippen molar-refractivity contribution in [2.45, 2.75) is 90.3 Å². The highest BCUT2D eigenvalue weighted by Gasteiger charge is 2.40. The summed E-state index contributed by atoms with van der Waals surface area (Å²) in [6, 6.07) is 18.7. The third kappa shape index (κ3) is 9.40. The fraction of sp³-hybridized carbons (Fsp3) is 0.465. The summed E-state index contributed by atoms with van der Waals surface area (Å²) in [5, 5.41) is 21.9. The maximum Gasteiger partial charge on any atom is 0.407 e. The molecular weight excluding hydrogens is 727 g/mol. The minimum absolute atomic E-state index is 0.0113. The molecule has 2 fully saturated rings. The summed E-state index contributed by atoms with van der Waals surface area (Å²) < 4.78 is 9.50. The number of amides is 4. The van der Waals surface area contributed by atoms with Crippen LogP contribution in [-0.4, -0.2) is 101 Å². The molecule has 3 heterocycles. The number of aromatic amines is 1. The second-order valence-electron chi connectivity index (χ2n) is 15.6. The van der Waals surface area contributed by atoms with Crippen LogP contribution in [0.2, 0.25) is 0 Å². The number of aliphatic hydroxyl groups is 1. The van der Waals surface area contributed by atoms with Crippen LogP contribution in [0.15, 0.2) is 66.9 Å². The van der Waals surface area contributed by atoms with Gasteiger partial charge >= 0.3 is 12.2 Å². The number of ether oxygens (including phenoxy) is 2. The molecule has 4 amide bonds. The van der Waals surface area contributed by atoms with Crippen molar-refractivity contribution in [1.82, 2.24) is 35.7 Å². The summed E-state index contributed by atoms with van der Waals surface area (Å²) in [6.45, 7) is 9.07. The topological polar surface area (TPSA) is 178 Å². The van der Waals surface area contributed by atoms with Crippen molar-refractivity contribution < 1.29 is 33.8 Å². The molecule has 0 aliphatic carbocycles. The zero-order chi connectivity index (χ0) is 40.8. The van der Waals surface area contributed by atoms with Gasteiger partial charge in [-0.15, -0.1) is 0 Å². The number of hydrogen-bond acceptors (Lipinski definition) is 9. The number of alkyl carbamates (subject to hydrolysis) is 2. The molecule has 2 aliphatic heterocycles. The molecule has 57 heavy (non-hydrogen) atoms.